The highest BCUT2D eigenvalue weighted by atomic mass is 32.1. The van der Waals surface area contributed by atoms with Crippen LogP contribution in [0.15, 0.2) is 0 Å². The molecule has 0 N–H and O–H groups in total. The van der Waals surface area contributed by atoms with Crippen molar-refractivity contribution in [3.05, 3.63) is 0 Å². The van der Waals surface area contributed by atoms with Gasteiger partial charge < -0.3 is 4.74 Å². The number of ether oxygens (including phenoxy) is 1. The van der Waals surface area contributed by atoms with Crippen LogP contribution in [0.2, 0.25) is 0 Å². The Morgan fingerprint density at radius 1 is 1.62 bits per heavy atom. The van der Waals surface area contributed by atoms with E-state index in [4.69, 9.17) is 4.74 Å². The molecule has 0 aromatic carbocycles. The Labute approximate surface area is 55.8 Å². The third-order valence-corrected chi connectivity index (χ3v) is 1.84. The van der Waals surface area contributed by atoms with E-state index in [0.29, 0.717) is 5.41 Å². The zero-order valence-corrected chi connectivity index (χ0v) is 6.08. The molecule has 0 aliphatic carbocycles. The van der Waals surface area contributed by atoms with Crippen molar-refractivity contribution in [2.75, 3.05) is 19.0 Å². The van der Waals surface area contributed by atoms with Gasteiger partial charge in [-0.3, -0.25) is 0 Å². The van der Waals surface area contributed by atoms with Crippen LogP contribution in [-0.2, 0) is 4.74 Å². The first-order chi connectivity index (χ1) is 3.77. The van der Waals surface area contributed by atoms with Crippen molar-refractivity contribution in [2.45, 2.75) is 13.3 Å². The third kappa shape index (κ3) is 1.17. The molecule has 48 valence electrons. The fourth-order valence-corrected chi connectivity index (χ4v) is 1.40. The quantitative estimate of drug-likeness (QED) is 0.558. The second-order valence-corrected chi connectivity index (χ2v) is 3.22. The van der Waals surface area contributed by atoms with E-state index in [1.54, 1.807) is 0 Å². The van der Waals surface area contributed by atoms with Gasteiger partial charge in [0.1, 0.15) is 0 Å². The highest BCUT2D eigenvalue weighted by molar-refractivity contribution is 7.80. The summed E-state index contributed by atoms with van der Waals surface area (Å²) < 4.78 is 5.06. The Balaban J connectivity index is 2.20. The lowest BCUT2D eigenvalue weighted by atomic mass is 9.86. The average molecular weight is 132 g/mol. The van der Waals surface area contributed by atoms with Crippen LogP contribution in [0.3, 0.4) is 0 Å². The summed E-state index contributed by atoms with van der Waals surface area (Å²) in [7, 11) is 0. The minimum absolute atomic E-state index is 0.474. The first kappa shape index (κ1) is 6.43. The summed E-state index contributed by atoms with van der Waals surface area (Å²) in [6.45, 7) is 4.12. The Bertz CT molecular complexity index is 78.6. The molecule has 0 radical (unpaired) electrons. The van der Waals surface area contributed by atoms with Gasteiger partial charge in [0.15, 0.2) is 0 Å². The van der Waals surface area contributed by atoms with Crippen LogP contribution in [0, 0.1) is 5.41 Å². The minimum Gasteiger partial charge on any atom is -0.380 e. The molecular formula is C6H12OS. The maximum Gasteiger partial charge on any atom is 0.0542 e. The topological polar surface area (TPSA) is 9.23 Å². The molecule has 1 fully saturated rings. The first-order valence-corrected chi connectivity index (χ1v) is 3.59. The molecule has 0 saturated carbocycles. The molecule has 0 bridgehead atoms. The minimum atomic E-state index is 0.474. The molecule has 1 aliphatic rings. The van der Waals surface area contributed by atoms with Crippen molar-refractivity contribution in [1.29, 1.82) is 0 Å². The zero-order chi connectivity index (χ0) is 6.04. The smallest absolute Gasteiger partial charge is 0.0542 e. The molecule has 1 rings (SSSR count). The van der Waals surface area contributed by atoms with E-state index in [0.717, 1.165) is 19.0 Å². The molecule has 1 aliphatic heterocycles. The molecule has 0 amide bonds. The summed E-state index contributed by atoms with van der Waals surface area (Å²) in [6.07, 6.45) is 1.19. The van der Waals surface area contributed by atoms with Crippen molar-refractivity contribution >= 4 is 12.6 Å². The predicted octanol–water partition coefficient (Wildman–Crippen LogP) is 1.34. The van der Waals surface area contributed by atoms with Gasteiger partial charge in [0.25, 0.3) is 0 Å². The fourth-order valence-electron chi connectivity index (χ4n) is 0.865. The van der Waals surface area contributed by atoms with Crippen molar-refractivity contribution in [3.63, 3.8) is 0 Å². The van der Waals surface area contributed by atoms with E-state index in [2.05, 4.69) is 19.6 Å². The average Bonchev–Trinajstić information content (AvgIpc) is 1.64. The van der Waals surface area contributed by atoms with Gasteiger partial charge in [-0.25, -0.2) is 0 Å². The van der Waals surface area contributed by atoms with E-state index in [1.807, 2.05) is 0 Å². The molecule has 0 atom stereocenters. The van der Waals surface area contributed by atoms with Gasteiger partial charge in [-0.2, -0.15) is 12.6 Å². The van der Waals surface area contributed by atoms with Crippen LogP contribution in [0.1, 0.15) is 13.3 Å². The van der Waals surface area contributed by atoms with Crippen molar-refractivity contribution in [3.8, 4) is 0 Å². The molecule has 1 nitrogen and oxygen atoms in total. The Morgan fingerprint density at radius 2 is 2.25 bits per heavy atom. The van der Waals surface area contributed by atoms with Gasteiger partial charge in [0.05, 0.1) is 13.2 Å². The van der Waals surface area contributed by atoms with Crippen LogP contribution in [0.25, 0.3) is 0 Å². The van der Waals surface area contributed by atoms with E-state index in [-0.39, 0.29) is 0 Å². The molecule has 2 heteroatoms. The molecular weight excluding hydrogens is 120 g/mol. The molecule has 8 heavy (non-hydrogen) atoms. The van der Waals surface area contributed by atoms with Gasteiger partial charge in [-0.1, -0.05) is 6.92 Å². The molecule has 0 unspecified atom stereocenters. The molecule has 0 aromatic heterocycles. The van der Waals surface area contributed by atoms with Crippen molar-refractivity contribution in [1.82, 2.24) is 0 Å². The first-order valence-electron chi connectivity index (χ1n) is 2.95. The summed E-state index contributed by atoms with van der Waals surface area (Å²) in [4.78, 5) is 0. The van der Waals surface area contributed by atoms with E-state index < -0.39 is 0 Å². The highest BCUT2D eigenvalue weighted by Gasteiger charge is 2.31. The molecule has 0 aromatic rings. The van der Waals surface area contributed by atoms with E-state index in [9.17, 15) is 0 Å². The predicted molar refractivity (Wildman–Crippen MR) is 37.4 cm³/mol. The van der Waals surface area contributed by atoms with E-state index in [1.165, 1.54) is 6.42 Å². The lowest BCUT2D eigenvalue weighted by molar-refractivity contribution is -0.102. The number of rotatable bonds is 2. The summed E-state index contributed by atoms with van der Waals surface area (Å²) in [5.41, 5.74) is 0.474. The number of hydrogen-bond donors (Lipinski definition) is 1. The fraction of sp³-hybridized carbons (Fsp3) is 1.00. The van der Waals surface area contributed by atoms with Crippen LogP contribution < -0.4 is 0 Å². The lowest BCUT2D eigenvalue weighted by Crippen LogP contribution is -2.39. The Morgan fingerprint density at radius 3 is 2.38 bits per heavy atom. The maximum atomic E-state index is 5.06. The normalized spacial score (nSPS) is 24.8. The largest absolute Gasteiger partial charge is 0.380 e. The van der Waals surface area contributed by atoms with Crippen LogP contribution >= 0.6 is 12.6 Å². The second-order valence-electron chi connectivity index (χ2n) is 2.78. The van der Waals surface area contributed by atoms with Gasteiger partial charge in [-0.15, -0.1) is 0 Å². The molecule has 1 saturated heterocycles. The van der Waals surface area contributed by atoms with E-state index >= 15 is 0 Å². The summed E-state index contributed by atoms with van der Waals surface area (Å²) in [6, 6.07) is 0. The summed E-state index contributed by atoms with van der Waals surface area (Å²) in [5.74, 6) is 0.986. The SMILES string of the molecule is CC1(CCS)COC1. The highest BCUT2D eigenvalue weighted by Crippen LogP contribution is 2.30. The standard InChI is InChI=1S/C6H12OS/c1-6(2-3-8)4-7-5-6/h8H,2-5H2,1H3. The molecule has 1 heterocycles. The summed E-state index contributed by atoms with van der Waals surface area (Å²) in [5, 5.41) is 0. The molecule has 0 spiro atoms. The maximum absolute atomic E-state index is 5.06. The van der Waals surface area contributed by atoms with Gasteiger partial charge >= 0.3 is 0 Å². The van der Waals surface area contributed by atoms with Gasteiger partial charge in [0.2, 0.25) is 0 Å². The number of hydrogen-bond acceptors (Lipinski definition) is 2. The number of thiol groups is 1. The Hall–Kier alpha value is 0.310. The van der Waals surface area contributed by atoms with Crippen molar-refractivity contribution < 1.29 is 4.74 Å². The van der Waals surface area contributed by atoms with Crippen molar-refractivity contribution in [2.24, 2.45) is 5.41 Å². The summed E-state index contributed by atoms with van der Waals surface area (Å²) >= 11 is 4.15. The monoisotopic (exact) mass is 132 g/mol. The second kappa shape index (κ2) is 2.28. The van der Waals surface area contributed by atoms with Crippen LogP contribution in [-0.4, -0.2) is 19.0 Å². The zero-order valence-electron chi connectivity index (χ0n) is 5.18. The van der Waals surface area contributed by atoms with Gasteiger partial charge in [-0.05, 0) is 12.2 Å². The van der Waals surface area contributed by atoms with Gasteiger partial charge in [0, 0.05) is 5.41 Å². The van der Waals surface area contributed by atoms with Crippen LogP contribution in [0.5, 0.6) is 0 Å². The third-order valence-electron chi connectivity index (χ3n) is 1.62. The van der Waals surface area contributed by atoms with Crippen LogP contribution in [0.4, 0.5) is 0 Å². The Kier molecular flexibility index (Phi) is 1.83. The lowest BCUT2D eigenvalue weighted by Gasteiger charge is -2.37.